The monoisotopic (exact) mass is 317 g/mol. The molecule has 2 N–H and O–H groups in total. The first-order chi connectivity index (χ1) is 9.26. The van der Waals surface area contributed by atoms with Gasteiger partial charge in [-0.1, -0.05) is 11.6 Å². The first-order valence-corrected chi connectivity index (χ1v) is 7.23. The predicted molar refractivity (Wildman–Crippen MR) is 73.6 cm³/mol. The fraction of sp³-hybridized carbons (Fsp3) is 0.273. The number of hydrogen-bond donors (Lipinski definition) is 2. The van der Waals surface area contributed by atoms with Crippen molar-refractivity contribution in [3.63, 3.8) is 0 Å². The Morgan fingerprint density at radius 2 is 2.20 bits per heavy atom. The van der Waals surface area contributed by atoms with E-state index in [-0.39, 0.29) is 23.7 Å². The smallest absolute Gasteiger partial charge is 0.304 e. The van der Waals surface area contributed by atoms with Crippen LogP contribution in [0.15, 0.2) is 18.2 Å². The third-order valence-corrected chi connectivity index (χ3v) is 4.18. The van der Waals surface area contributed by atoms with Crippen LogP contribution in [0.2, 0.25) is 5.02 Å². The van der Waals surface area contributed by atoms with Crippen molar-refractivity contribution in [3.8, 4) is 6.07 Å². The van der Waals surface area contributed by atoms with Crippen LogP contribution in [-0.4, -0.2) is 37.4 Å². The van der Waals surface area contributed by atoms with E-state index >= 15 is 0 Å². The summed E-state index contributed by atoms with van der Waals surface area (Å²) in [7, 11) is -2.65. The van der Waals surface area contributed by atoms with E-state index < -0.39 is 16.2 Å². The number of carboxylic acids is 1. The van der Waals surface area contributed by atoms with Gasteiger partial charge in [0, 0.05) is 13.6 Å². The molecule has 0 spiro atoms. The largest absolute Gasteiger partial charge is 0.481 e. The van der Waals surface area contributed by atoms with Crippen LogP contribution >= 0.6 is 11.6 Å². The minimum absolute atomic E-state index is 0.0826. The Balaban J connectivity index is 2.86. The molecule has 0 saturated carbocycles. The number of nitrogens with one attached hydrogen (secondary N) is 1. The second-order valence-corrected chi connectivity index (χ2v) is 6.06. The molecule has 0 fully saturated rings. The summed E-state index contributed by atoms with van der Waals surface area (Å²) in [6, 6.07) is 5.99. The van der Waals surface area contributed by atoms with Crippen molar-refractivity contribution in [2.24, 2.45) is 0 Å². The van der Waals surface area contributed by atoms with E-state index in [1.807, 2.05) is 6.07 Å². The molecule has 0 heterocycles. The summed E-state index contributed by atoms with van der Waals surface area (Å²) in [5.74, 6) is -1.09. The summed E-state index contributed by atoms with van der Waals surface area (Å²) in [4.78, 5) is 10.4. The fourth-order valence-electron chi connectivity index (χ4n) is 1.26. The fourth-order valence-corrected chi connectivity index (χ4v) is 2.48. The molecular weight excluding hydrogens is 306 g/mol. The number of rotatable bonds is 6. The highest BCUT2D eigenvalue weighted by Crippen LogP contribution is 2.24. The molecule has 108 valence electrons. The van der Waals surface area contributed by atoms with Crippen molar-refractivity contribution < 1.29 is 18.3 Å². The molecule has 1 rings (SSSR count). The van der Waals surface area contributed by atoms with Gasteiger partial charge < -0.3 is 5.11 Å². The van der Waals surface area contributed by atoms with Gasteiger partial charge in [-0.3, -0.25) is 9.52 Å². The lowest BCUT2D eigenvalue weighted by molar-refractivity contribution is -0.137. The number of nitrogens with zero attached hydrogens (tertiary/aromatic N) is 2. The van der Waals surface area contributed by atoms with Crippen molar-refractivity contribution in [2.75, 3.05) is 18.3 Å². The summed E-state index contributed by atoms with van der Waals surface area (Å²) in [5.41, 5.74) is 0.421. The van der Waals surface area contributed by atoms with Gasteiger partial charge in [0.2, 0.25) is 0 Å². The van der Waals surface area contributed by atoms with Crippen LogP contribution in [0.5, 0.6) is 0 Å². The summed E-state index contributed by atoms with van der Waals surface area (Å²) in [6.07, 6.45) is -0.307. The third kappa shape index (κ3) is 4.38. The molecule has 9 heteroatoms. The average molecular weight is 318 g/mol. The molecule has 0 aliphatic carbocycles. The quantitative estimate of drug-likeness (QED) is 0.821. The lowest BCUT2D eigenvalue weighted by Crippen LogP contribution is -2.34. The molecule has 0 bridgehead atoms. The number of benzene rings is 1. The molecule has 0 saturated heterocycles. The van der Waals surface area contributed by atoms with E-state index in [9.17, 15) is 13.2 Å². The minimum Gasteiger partial charge on any atom is -0.481 e. The molecule has 0 aliphatic rings. The SMILES string of the molecule is CN(CCC(=O)O)S(=O)(=O)Nc1ccc(C#N)cc1Cl. The molecule has 0 atom stereocenters. The van der Waals surface area contributed by atoms with Crippen LogP contribution in [0.3, 0.4) is 0 Å². The van der Waals surface area contributed by atoms with Gasteiger partial charge >= 0.3 is 16.2 Å². The van der Waals surface area contributed by atoms with Gasteiger partial charge in [-0.15, -0.1) is 0 Å². The summed E-state index contributed by atoms with van der Waals surface area (Å²) >= 11 is 5.86. The highest BCUT2D eigenvalue weighted by Gasteiger charge is 2.19. The maximum atomic E-state index is 11.9. The maximum Gasteiger partial charge on any atom is 0.304 e. The highest BCUT2D eigenvalue weighted by atomic mass is 35.5. The molecule has 0 aliphatic heterocycles. The zero-order valence-electron chi connectivity index (χ0n) is 10.5. The van der Waals surface area contributed by atoms with Gasteiger partial charge in [0.1, 0.15) is 0 Å². The Kier molecular flexibility index (Phi) is 5.33. The molecule has 0 unspecified atom stereocenters. The van der Waals surface area contributed by atoms with Gasteiger partial charge in [0.05, 0.1) is 28.8 Å². The van der Waals surface area contributed by atoms with E-state index in [0.29, 0.717) is 5.56 Å². The molecule has 0 aromatic heterocycles. The summed E-state index contributed by atoms with van der Waals surface area (Å²) in [6.45, 7) is -0.168. The Bertz CT molecular complexity index is 654. The first kappa shape index (κ1) is 16.2. The number of hydrogen-bond acceptors (Lipinski definition) is 4. The maximum absolute atomic E-state index is 11.9. The average Bonchev–Trinajstić information content (AvgIpc) is 2.37. The molecule has 0 amide bonds. The van der Waals surface area contributed by atoms with Gasteiger partial charge in [0.15, 0.2) is 0 Å². The van der Waals surface area contributed by atoms with Gasteiger partial charge in [0.25, 0.3) is 0 Å². The lowest BCUT2D eigenvalue weighted by Gasteiger charge is -2.18. The minimum atomic E-state index is -3.90. The molecule has 1 aromatic rings. The van der Waals surface area contributed by atoms with Gasteiger partial charge in [-0.05, 0) is 18.2 Å². The molecule has 7 nitrogen and oxygen atoms in total. The van der Waals surface area contributed by atoms with Crippen molar-refractivity contribution in [1.29, 1.82) is 5.26 Å². The van der Waals surface area contributed by atoms with Gasteiger partial charge in [-0.25, -0.2) is 0 Å². The lowest BCUT2D eigenvalue weighted by atomic mass is 10.2. The van der Waals surface area contributed by atoms with Crippen molar-refractivity contribution in [1.82, 2.24) is 4.31 Å². The number of aliphatic carboxylic acids is 1. The van der Waals surface area contributed by atoms with Crippen LogP contribution in [0.4, 0.5) is 5.69 Å². The highest BCUT2D eigenvalue weighted by molar-refractivity contribution is 7.90. The van der Waals surface area contributed by atoms with Crippen LogP contribution in [0, 0.1) is 11.3 Å². The number of carbonyl (C=O) groups is 1. The van der Waals surface area contributed by atoms with Crippen molar-refractivity contribution >= 4 is 33.5 Å². The molecule has 20 heavy (non-hydrogen) atoms. The number of carboxylic acid groups (broad SMARTS) is 1. The summed E-state index contributed by atoms with van der Waals surface area (Å²) in [5, 5.41) is 17.3. The number of anilines is 1. The van der Waals surface area contributed by atoms with E-state index in [0.717, 1.165) is 4.31 Å². The first-order valence-electron chi connectivity index (χ1n) is 5.42. The van der Waals surface area contributed by atoms with Crippen LogP contribution < -0.4 is 4.72 Å². The number of halogens is 1. The van der Waals surface area contributed by atoms with Crippen LogP contribution in [0.25, 0.3) is 0 Å². The van der Waals surface area contributed by atoms with E-state index in [1.165, 1.54) is 25.2 Å². The molecule has 0 radical (unpaired) electrons. The Labute approximate surface area is 121 Å². The number of nitriles is 1. The Morgan fingerprint density at radius 3 is 2.70 bits per heavy atom. The zero-order valence-corrected chi connectivity index (χ0v) is 12.1. The molecule has 1 aromatic carbocycles. The van der Waals surface area contributed by atoms with Crippen LogP contribution in [-0.2, 0) is 15.0 Å². The topological polar surface area (TPSA) is 110 Å². The predicted octanol–water partition coefficient (Wildman–Crippen LogP) is 1.27. The van der Waals surface area contributed by atoms with E-state index in [4.69, 9.17) is 22.0 Å². The van der Waals surface area contributed by atoms with Crippen molar-refractivity contribution in [2.45, 2.75) is 6.42 Å². The van der Waals surface area contributed by atoms with E-state index in [1.54, 1.807) is 0 Å². The normalized spacial score (nSPS) is 11.1. The second kappa shape index (κ2) is 6.56. The molecular formula is C11H12ClN3O4S. The van der Waals surface area contributed by atoms with E-state index in [2.05, 4.69) is 4.72 Å². The third-order valence-electron chi connectivity index (χ3n) is 2.39. The van der Waals surface area contributed by atoms with Crippen molar-refractivity contribution in [3.05, 3.63) is 28.8 Å². The Morgan fingerprint density at radius 1 is 1.55 bits per heavy atom. The Hall–Kier alpha value is -1.82. The van der Waals surface area contributed by atoms with Gasteiger partial charge in [-0.2, -0.15) is 18.0 Å². The summed E-state index contributed by atoms with van der Waals surface area (Å²) < 4.78 is 26.9. The second-order valence-electron chi connectivity index (χ2n) is 3.88. The standard InChI is InChI=1S/C11H12ClN3O4S/c1-15(5-4-11(16)17)20(18,19)14-10-3-2-8(7-13)6-9(10)12/h2-3,6,14H,4-5H2,1H3,(H,16,17). The zero-order chi connectivity index (χ0) is 15.3. The van der Waals surface area contributed by atoms with Crippen LogP contribution in [0.1, 0.15) is 12.0 Å².